The molecule has 0 fully saturated rings. The molecule has 2 heterocycles. The first kappa shape index (κ1) is 11.5. The smallest absolute Gasteiger partial charge is 0.277 e. The highest BCUT2D eigenvalue weighted by molar-refractivity contribution is 7.15. The lowest BCUT2D eigenvalue weighted by Crippen LogP contribution is -2.17. The summed E-state index contributed by atoms with van der Waals surface area (Å²) in [5.74, 6) is -0.332. The van der Waals surface area contributed by atoms with Crippen molar-refractivity contribution in [3.05, 3.63) is 16.4 Å². The van der Waals surface area contributed by atoms with Gasteiger partial charge in [0.1, 0.15) is 10.7 Å². The monoisotopic (exact) mass is 252 g/mol. The van der Waals surface area contributed by atoms with Crippen molar-refractivity contribution in [1.29, 1.82) is 0 Å². The number of aryl methyl sites for hydroxylation is 3. The van der Waals surface area contributed by atoms with Crippen molar-refractivity contribution in [2.45, 2.75) is 13.8 Å². The Morgan fingerprint density at radius 2 is 2.12 bits per heavy atom. The summed E-state index contributed by atoms with van der Waals surface area (Å²) in [5.41, 5.74) is 7.13. The second-order valence-corrected chi connectivity index (χ2v) is 4.73. The van der Waals surface area contributed by atoms with Crippen molar-refractivity contribution >= 4 is 28.1 Å². The van der Waals surface area contributed by atoms with Crippen molar-refractivity contribution in [2.24, 2.45) is 7.05 Å². The molecule has 7 nitrogen and oxygen atoms in total. The van der Waals surface area contributed by atoms with E-state index < -0.39 is 0 Å². The van der Waals surface area contributed by atoms with Gasteiger partial charge < -0.3 is 5.73 Å². The fourth-order valence-electron chi connectivity index (χ4n) is 1.45. The summed E-state index contributed by atoms with van der Waals surface area (Å²) in [7, 11) is 1.67. The first-order valence-corrected chi connectivity index (χ1v) is 5.71. The third-order valence-electron chi connectivity index (χ3n) is 2.23. The summed E-state index contributed by atoms with van der Waals surface area (Å²) < 4.78 is 1.45. The van der Waals surface area contributed by atoms with Crippen LogP contribution in [0.1, 0.15) is 21.2 Å². The van der Waals surface area contributed by atoms with Crippen LogP contribution in [0.15, 0.2) is 0 Å². The first-order valence-electron chi connectivity index (χ1n) is 4.89. The van der Waals surface area contributed by atoms with Gasteiger partial charge >= 0.3 is 0 Å². The van der Waals surface area contributed by atoms with E-state index in [9.17, 15) is 4.79 Å². The Kier molecular flexibility index (Phi) is 2.80. The van der Waals surface area contributed by atoms with E-state index in [-0.39, 0.29) is 5.91 Å². The van der Waals surface area contributed by atoms with E-state index in [0.29, 0.717) is 22.2 Å². The van der Waals surface area contributed by atoms with Crippen LogP contribution in [0.4, 0.5) is 10.8 Å². The second-order valence-electron chi connectivity index (χ2n) is 3.55. The molecule has 17 heavy (non-hydrogen) atoms. The van der Waals surface area contributed by atoms with Crippen molar-refractivity contribution in [1.82, 2.24) is 20.0 Å². The van der Waals surface area contributed by atoms with Gasteiger partial charge in [-0.05, 0) is 13.8 Å². The van der Waals surface area contributed by atoms with Gasteiger partial charge in [-0.2, -0.15) is 5.10 Å². The number of aromatic nitrogens is 4. The van der Waals surface area contributed by atoms with Gasteiger partial charge in [-0.25, -0.2) is 0 Å². The maximum atomic E-state index is 12.0. The van der Waals surface area contributed by atoms with Crippen LogP contribution in [-0.4, -0.2) is 25.9 Å². The molecule has 0 aromatic carbocycles. The van der Waals surface area contributed by atoms with Crippen LogP contribution in [-0.2, 0) is 7.05 Å². The van der Waals surface area contributed by atoms with Crippen LogP contribution in [0.3, 0.4) is 0 Å². The summed E-state index contributed by atoms with van der Waals surface area (Å²) in [5, 5.41) is 15.6. The molecule has 8 heteroatoms. The Morgan fingerprint density at radius 3 is 2.59 bits per heavy atom. The number of rotatable bonds is 2. The van der Waals surface area contributed by atoms with E-state index in [1.165, 1.54) is 16.0 Å². The number of carbonyl (C=O) groups excluding carboxylic acids is 1. The fourth-order valence-corrected chi connectivity index (χ4v) is 2.03. The van der Waals surface area contributed by atoms with Crippen molar-refractivity contribution < 1.29 is 4.79 Å². The Labute approximate surface area is 102 Å². The number of nitrogens with two attached hydrogens (primary N) is 1. The fraction of sp³-hybridized carbons (Fsp3) is 0.333. The Bertz CT molecular complexity index is 572. The Balaban J connectivity index is 2.26. The van der Waals surface area contributed by atoms with Gasteiger partial charge in [0, 0.05) is 7.05 Å². The molecule has 0 bridgehead atoms. The molecule has 0 unspecified atom stereocenters. The van der Waals surface area contributed by atoms with Gasteiger partial charge in [0.2, 0.25) is 5.13 Å². The van der Waals surface area contributed by atoms with Crippen LogP contribution < -0.4 is 11.1 Å². The third-order valence-corrected chi connectivity index (χ3v) is 2.98. The standard InChI is InChI=1S/C9H12N6OS/c1-4-6(10)7(15(3)14-4)8(16)11-9-13-12-5(2)17-9/h10H2,1-3H3,(H,11,13,16). The molecule has 0 atom stereocenters. The molecule has 2 rings (SSSR count). The number of nitrogens with zero attached hydrogens (tertiary/aromatic N) is 4. The zero-order chi connectivity index (χ0) is 12.6. The number of carbonyl (C=O) groups is 1. The SMILES string of the molecule is Cc1nnc(NC(=O)c2c(N)c(C)nn2C)s1. The number of anilines is 2. The summed E-state index contributed by atoms with van der Waals surface area (Å²) in [6.45, 7) is 3.57. The molecule has 2 aromatic rings. The van der Waals surface area contributed by atoms with Crippen LogP contribution in [0.5, 0.6) is 0 Å². The molecule has 90 valence electrons. The average Bonchev–Trinajstić information content (AvgIpc) is 2.73. The Morgan fingerprint density at radius 1 is 1.41 bits per heavy atom. The number of hydrogen-bond donors (Lipinski definition) is 2. The van der Waals surface area contributed by atoms with E-state index in [0.717, 1.165) is 5.01 Å². The van der Waals surface area contributed by atoms with Gasteiger partial charge in [0.25, 0.3) is 5.91 Å². The number of hydrogen-bond acceptors (Lipinski definition) is 6. The van der Waals surface area contributed by atoms with E-state index >= 15 is 0 Å². The average molecular weight is 252 g/mol. The molecule has 0 radical (unpaired) electrons. The zero-order valence-corrected chi connectivity index (χ0v) is 10.5. The minimum absolute atomic E-state index is 0.329. The van der Waals surface area contributed by atoms with Gasteiger partial charge in [0.05, 0.1) is 11.4 Å². The van der Waals surface area contributed by atoms with Crippen LogP contribution in [0.2, 0.25) is 0 Å². The molecule has 2 aromatic heterocycles. The lowest BCUT2D eigenvalue weighted by Gasteiger charge is -2.02. The number of amides is 1. The maximum absolute atomic E-state index is 12.0. The lowest BCUT2D eigenvalue weighted by molar-refractivity contribution is 0.101. The van der Waals surface area contributed by atoms with Gasteiger partial charge in [0.15, 0.2) is 0 Å². The van der Waals surface area contributed by atoms with Gasteiger partial charge in [-0.1, -0.05) is 11.3 Å². The number of nitrogens with one attached hydrogen (secondary N) is 1. The highest BCUT2D eigenvalue weighted by Gasteiger charge is 2.18. The summed E-state index contributed by atoms with van der Waals surface area (Å²) in [6, 6.07) is 0. The number of nitrogen functional groups attached to an aromatic ring is 1. The molecular weight excluding hydrogens is 240 g/mol. The third kappa shape index (κ3) is 2.11. The minimum Gasteiger partial charge on any atom is -0.395 e. The van der Waals surface area contributed by atoms with Crippen molar-refractivity contribution in [2.75, 3.05) is 11.1 Å². The highest BCUT2D eigenvalue weighted by atomic mass is 32.1. The molecule has 0 aliphatic heterocycles. The van der Waals surface area contributed by atoms with Crippen LogP contribution >= 0.6 is 11.3 Å². The van der Waals surface area contributed by atoms with E-state index in [1.54, 1.807) is 14.0 Å². The Hall–Kier alpha value is -1.96. The molecule has 0 aliphatic carbocycles. The van der Waals surface area contributed by atoms with Crippen LogP contribution in [0.25, 0.3) is 0 Å². The quantitative estimate of drug-likeness (QED) is 0.820. The lowest BCUT2D eigenvalue weighted by atomic mass is 10.3. The van der Waals surface area contributed by atoms with Crippen molar-refractivity contribution in [3.8, 4) is 0 Å². The zero-order valence-electron chi connectivity index (χ0n) is 9.68. The van der Waals surface area contributed by atoms with E-state index in [2.05, 4.69) is 20.6 Å². The minimum atomic E-state index is -0.332. The molecule has 1 amide bonds. The second kappa shape index (κ2) is 4.13. The van der Waals surface area contributed by atoms with Gasteiger partial charge in [-0.3, -0.25) is 14.8 Å². The largest absolute Gasteiger partial charge is 0.395 e. The summed E-state index contributed by atoms with van der Waals surface area (Å²) in [6.07, 6.45) is 0. The summed E-state index contributed by atoms with van der Waals surface area (Å²) >= 11 is 1.30. The van der Waals surface area contributed by atoms with Gasteiger partial charge in [-0.15, -0.1) is 10.2 Å². The molecule has 0 spiro atoms. The maximum Gasteiger partial charge on any atom is 0.277 e. The molecule has 0 saturated heterocycles. The molecule has 0 saturated carbocycles. The molecule has 0 aliphatic rings. The van der Waals surface area contributed by atoms with E-state index in [1.807, 2.05) is 6.92 Å². The summed E-state index contributed by atoms with van der Waals surface area (Å²) in [4.78, 5) is 12.0. The predicted octanol–water partition coefficient (Wildman–Crippen LogP) is 0.723. The van der Waals surface area contributed by atoms with E-state index in [4.69, 9.17) is 5.73 Å². The topological polar surface area (TPSA) is 98.7 Å². The molecule has 3 N–H and O–H groups in total. The highest BCUT2D eigenvalue weighted by Crippen LogP contribution is 2.19. The van der Waals surface area contributed by atoms with Crippen LogP contribution in [0, 0.1) is 13.8 Å². The molecular formula is C9H12N6OS. The normalized spacial score (nSPS) is 10.5. The predicted molar refractivity (Wildman–Crippen MR) is 65.0 cm³/mol. The van der Waals surface area contributed by atoms with Crippen molar-refractivity contribution in [3.63, 3.8) is 0 Å². The first-order chi connectivity index (χ1) is 7.99.